The Balaban J connectivity index is 1.65. The molecular weight excluding hydrogens is 338 g/mol. The molecule has 0 spiro atoms. The van der Waals surface area contributed by atoms with Crippen LogP contribution in [0.15, 0.2) is 42.5 Å². The first-order valence-corrected chi connectivity index (χ1v) is 8.87. The van der Waals surface area contributed by atoms with Crippen molar-refractivity contribution in [3.8, 4) is 12.1 Å². The van der Waals surface area contributed by atoms with Crippen LogP contribution in [0.5, 0.6) is 0 Å². The highest BCUT2D eigenvalue weighted by Crippen LogP contribution is 2.30. The summed E-state index contributed by atoms with van der Waals surface area (Å²) in [4.78, 5) is 12.5. The number of nitriles is 2. The Morgan fingerprint density at radius 2 is 1.85 bits per heavy atom. The van der Waals surface area contributed by atoms with Crippen LogP contribution in [-0.2, 0) is 4.79 Å². The fourth-order valence-corrected chi connectivity index (χ4v) is 3.17. The summed E-state index contributed by atoms with van der Waals surface area (Å²) in [5.74, 6) is 0.109. The summed E-state index contributed by atoms with van der Waals surface area (Å²) in [5.41, 5.74) is 3.58. The number of carbonyl (C=O) groups is 1. The van der Waals surface area contributed by atoms with Crippen molar-refractivity contribution in [3.05, 3.63) is 59.2 Å². The average Bonchev–Trinajstić information content (AvgIpc) is 2.70. The highest BCUT2D eigenvalue weighted by Gasteiger charge is 2.31. The first kappa shape index (κ1) is 18.4. The molecule has 0 fully saturated rings. The predicted octanol–water partition coefficient (Wildman–Crippen LogP) is 2.94. The Kier molecular flexibility index (Phi) is 5.40. The van der Waals surface area contributed by atoms with E-state index in [1.54, 1.807) is 18.2 Å². The van der Waals surface area contributed by atoms with Crippen molar-refractivity contribution in [1.82, 2.24) is 5.32 Å². The lowest BCUT2D eigenvalue weighted by Crippen LogP contribution is -2.52. The van der Waals surface area contributed by atoms with Crippen LogP contribution in [0, 0.1) is 22.7 Å². The molecule has 1 heterocycles. The molecule has 6 nitrogen and oxygen atoms in total. The van der Waals surface area contributed by atoms with Gasteiger partial charge in [-0.1, -0.05) is 25.1 Å². The molecule has 3 atom stereocenters. The minimum Gasteiger partial charge on any atom is -0.370 e. The van der Waals surface area contributed by atoms with E-state index in [-0.39, 0.29) is 17.9 Å². The van der Waals surface area contributed by atoms with Crippen LogP contribution in [0.1, 0.15) is 36.5 Å². The number of anilines is 2. The van der Waals surface area contributed by atoms with Gasteiger partial charge in [-0.05, 0) is 42.7 Å². The summed E-state index contributed by atoms with van der Waals surface area (Å²) < 4.78 is 0. The van der Waals surface area contributed by atoms with Gasteiger partial charge in [-0.15, -0.1) is 0 Å². The Morgan fingerprint density at radius 3 is 2.52 bits per heavy atom. The van der Waals surface area contributed by atoms with Crippen molar-refractivity contribution in [1.29, 1.82) is 10.5 Å². The van der Waals surface area contributed by atoms with Crippen molar-refractivity contribution in [2.24, 2.45) is 0 Å². The third-order valence-electron chi connectivity index (χ3n) is 4.88. The van der Waals surface area contributed by atoms with Gasteiger partial charge in [0, 0.05) is 12.6 Å². The normalized spacial score (nSPS) is 17.5. The second kappa shape index (κ2) is 7.90. The van der Waals surface area contributed by atoms with E-state index in [2.05, 4.69) is 35.0 Å². The maximum absolute atomic E-state index is 12.5. The number of hydrogen-bond donors (Lipinski definition) is 3. The smallest absolute Gasteiger partial charge is 0.248 e. The third-order valence-corrected chi connectivity index (χ3v) is 4.88. The van der Waals surface area contributed by atoms with E-state index < -0.39 is 6.04 Å². The van der Waals surface area contributed by atoms with Crippen LogP contribution in [0.25, 0.3) is 0 Å². The van der Waals surface area contributed by atoms with E-state index in [0.717, 1.165) is 5.56 Å². The molecule has 1 aliphatic heterocycles. The molecule has 0 saturated carbocycles. The number of amides is 1. The molecule has 0 aliphatic carbocycles. The Bertz CT molecular complexity index is 923. The zero-order chi connectivity index (χ0) is 19.4. The van der Waals surface area contributed by atoms with Gasteiger partial charge in [0.25, 0.3) is 0 Å². The molecule has 136 valence electrons. The molecule has 2 aromatic rings. The van der Waals surface area contributed by atoms with E-state index >= 15 is 0 Å². The topological polar surface area (TPSA) is 101 Å². The first-order chi connectivity index (χ1) is 13.0. The van der Waals surface area contributed by atoms with Gasteiger partial charge in [0.2, 0.25) is 5.91 Å². The number of hydrogen-bond acceptors (Lipinski definition) is 5. The van der Waals surface area contributed by atoms with Gasteiger partial charge in [-0.2, -0.15) is 10.5 Å². The molecule has 2 aromatic carbocycles. The molecule has 0 unspecified atom stereocenters. The molecule has 0 aromatic heterocycles. The molecule has 27 heavy (non-hydrogen) atoms. The van der Waals surface area contributed by atoms with Gasteiger partial charge >= 0.3 is 0 Å². The van der Waals surface area contributed by atoms with Crippen LogP contribution in [-0.4, -0.2) is 24.5 Å². The van der Waals surface area contributed by atoms with Crippen LogP contribution < -0.4 is 16.0 Å². The lowest BCUT2D eigenvalue weighted by molar-refractivity contribution is -0.117. The van der Waals surface area contributed by atoms with E-state index in [1.165, 1.54) is 0 Å². The highest BCUT2D eigenvalue weighted by atomic mass is 16.2. The molecule has 0 bridgehead atoms. The second-order valence-corrected chi connectivity index (χ2v) is 6.78. The van der Waals surface area contributed by atoms with Gasteiger partial charge in [-0.3, -0.25) is 4.79 Å². The molecule has 0 radical (unpaired) electrons. The number of fused-ring (bicyclic) bond motifs is 1. The van der Waals surface area contributed by atoms with Gasteiger partial charge in [0.1, 0.15) is 12.1 Å². The van der Waals surface area contributed by atoms with Gasteiger partial charge in [0.05, 0.1) is 28.6 Å². The Morgan fingerprint density at radius 1 is 1.11 bits per heavy atom. The Labute approximate surface area is 158 Å². The van der Waals surface area contributed by atoms with Crippen molar-refractivity contribution in [2.75, 3.05) is 17.2 Å². The second-order valence-electron chi connectivity index (χ2n) is 6.78. The largest absolute Gasteiger partial charge is 0.370 e. The number of rotatable bonds is 5. The van der Waals surface area contributed by atoms with Gasteiger partial charge in [-0.25, -0.2) is 0 Å². The average molecular weight is 359 g/mol. The minimum atomic E-state index is -0.472. The monoisotopic (exact) mass is 359 g/mol. The minimum absolute atomic E-state index is 0.122. The van der Waals surface area contributed by atoms with E-state index in [0.29, 0.717) is 29.0 Å². The number of nitrogens with zero attached hydrogens (tertiary/aromatic N) is 2. The molecule has 0 saturated heterocycles. The van der Waals surface area contributed by atoms with Crippen molar-refractivity contribution in [3.63, 3.8) is 0 Å². The Hall–Kier alpha value is -3.35. The van der Waals surface area contributed by atoms with Crippen LogP contribution >= 0.6 is 0 Å². The fraction of sp³-hybridized carbons (Fsp3) is 0.286. The van der Waals surface area contributed by atoms with Crippen molar-refractivity contribution >= 4 is 17.3 Å². The molecule has 1 amide bonds. The maximum atomic E-state index is 12.5. The number of benzene rings is 2. The molecule has 1 aliphatic rings. The zero-order valence-corrected chi connectivity index (χ0v) is 15.3. The van der Waals surface area contributed by atoms with Crippen molar-refractivity contribution < 1.29 is 4.79 Å². The lowest BCUT2D eigenvalue weighted by Gasteiger charge is -2.32. The SMILES string of the molecule is C[C@H](CN[C@H](C)[C@@H]1Nc2c(C#N)cccc2NC1=O)c1ccc(C#N)cc1. The summed E-state index contributed by atoms with van der Waals surface area (Å²) in [5, 5.41) is 27.7. The van der Waals surface area contributed by atoms with E-state index in [1.807, 2.05) is 31.2 Å². The number of carbonyl (C=O) groups excluding carboxylic acids is 1. The fourth-order valence-electron chi connectivity index (χ4n) is 3.17. The van der Waals surface area contributed by atoms with E-state index in [4.69, 9.17) is 5.26 Å². The summed E-state index contributed by atoms with van der Waals surface area (Å²) in [6.45, 7) is 4.73. The quantitative estimate of drug-likeness (QED) is 0.762. The first-order valence-electron chi connectivity index (χ1n) is 8.87. The highest BCUT2D eigenvalue weighted by molar-refractivity contribution is 6.04. The predicted molar refractivity (Wildman–Crippen MR) is 104 cm³/mol. The number of para-hydroxylation sites is 1. The third kappa shape index (κ3) is 3.92. The van der Waals surface area contributed by atoms with Gasteiger partial charge in [0.15, 0.2) is 0 Å². The molecule has 3 N–H and O–H groups in total. The number of nitrogens with one attached hydrogen (secondary N) is 3. The zero-order valence-electron chi connectivity index (χ0n) is 15.3. The molecule has 3 rings (SSSR count). The summed E-state index contributed by atoms with van der Waals surface area (Å²) in [6, 6.07) is 16.5. The van der Waals surface area contributed by atoms with Gasteiger partial charge < -0.3 is 16.0 Å². The van der Waals surface area contributed by atoms with Crippen LogP contribution in [0.3, 0.4) is 0 Å². The standard InChI is InChI=1S/C21H21N5O/c1-13(16-8-6-15(10-22)7-9-16)12-24-14(2)19-21(27)25-18-5-3-4-17(11-23)20(18)26-19/h3-9,13-14,19,24,26H,12H2,1-2H3,(H,25,27)/t13-,14-,19+/m1/s1. The lowest BCUT2D eigenvalue weighted by atomic mass is 9.98. The van der Waals surface area contributed by atoms with Crippen molar-refractivity contribution in [2.45, 2.75) is 31.8 Å². The summed E-state index contributed by atoms with van der Waals surface area (Å²) in [7, 11) is 0. The maximum Gasteiger partial charge on any atom is 0.248 e. The molecular formula is C21H21N5O. The summed E-state index contributed by atoms with van der Waals surface area (Å²) >= 11 is 0. The molecule has 6 heteroatoms. The van der Waals surface area contributed by atoms with E-state index in [9.17, 15) is 10.1 Å². The summed E-state index contributed by atoms with van der Waals surface area (Å²) in [6.07, 6.45) is 0. The van der Waals surface area contributed by atoms with Crippen LogP contribution in [0.2, 0.25) is 0 Å². The van der Waals surface area contributed by atoms with Crippen LogP contribution in [0.4, 0.5) is 11.4 Å².